The van der Waals surface area contributed by atoms with Crippen LogP contribution < -0.4 is 0 Å². The zero-order chi connectivity index (χ0) is 4.28. The van der Waals surface area contributed by atoms with Gasteiger partial charge in [0.15, 0.2) is 0 Å². The molecule has 1 nitrogen and oxygen atoms in total. The van der Waals surface area contributed by atoms with Gasteiger partial charge in [-0.05, 0) is 0 Å². The molecule has 0 aromatic carbocycles. The third kappa shape index (κ3) is 4.13. The molecule has 0 heterocycles. The normalized spacial score (nSPS) is 8.60. The van der Waals surface area contributed by atoms with Crippen LogP contribution in [0.3, 0.4) is 0 Å². The highest BCUT2D eigenvalue weighted by molar-refractivity contribution is 7.01. The average Bonchev–Trinajstić information content (AvgIpc) is 1.38. The highest BCUT2D eigenvalue weighted by Gasteiger charge is 1.83. The first-order chi connectivity index (χ1) is 2.27. The van der Waals surface area contributed by atoms with Gasteiger partial charge in [-0.1, -0.05) is 5.70 Å². The van der Waals surface area contributed by atoms with Crippen LogP contribution in [-0.4, -0.2) is 23.1 Å². The Labute approximate surface area is 36.3 Å². The summed E-state index contributed by atoms with van der Waals surface area (Å²) in [5.74, 6) is 0. The van der Waals surface area contributed by atoms with E-state index in [-0.39, 0.29) is 0 Å². The van der Waals surface area contributed by atoms with E-state index in [1.54, 1.807) is 0 Å². The molecule has 0 saturated heterocycles. The standard InChI is InChI=1S/C2H4OSi2/c1-2-5(3)4/h2-3H,1H2. The largest absolute Gasteiger partial charge is 0.431 e. The number of hydrogen-bond acceptors (Lipinski definition) is 1. The number of hydrogen-bond donors (Lipinski definition) is 1. The summed E-state index contributed by atoms with van der Waals surface area (Å²) in [6, 6.07) is 0. The van der Waals surface area contributed by atoms with Crippen LogP contribution in [0.1, 0.15) is 0 Å². The SMILES string of the molecule is C=C[Si](O)[Si]. The Morgan fingerprint density at radius 1 is 2.00 bits per heavy atom. The fraction of sp³-hybridized carbons (Fsp3) is 0. The van der Waals surface area contributed by atoms with Crippen LogP contribution in [0.5, 0.6) is 0 Å². The first-order valence-corrected chi connectivity index (χ1v) is 4.20. The Kier molecular flexibility index (Phi) is 2.44. The van der Waals surface area contributed by atoms with Crippen LogP contribution in [0, 0.1) is 0 Å². The van der Waals surface area contributed by atoms with Crippen LogP contribution in [0.25, 0.3) is 0 Å². The van der Waals surface area contributed by atoms with Gasteiger partial charge in [-0.15, -0.1) is 6.58 Å². The van der Waals surface area contributed by atoms with E-state index in [9.17, 15) is 0 Å². The molecule has 0 rings (SSSR count). The monoisotopic (exact) mass is 100.0 g/mol. The van der Waals surface area contributed by atoms with Crippen molar-refractivity contribution in [3.8, 4) is 0 Å². The molecule has 0 bridgehead atoms. The van der Waals surface area contributed by atoms with E-state index in [1.807, 2.05) is 0 Å². The van der Waals surface area contributed by atoms with E-state index in [4.69, 9.17) is 4.80 Å². The Hall–Kier alpha value is 0.134. The van der Waals surface area contributed by atoms with Crippen LogP contribution in [0.4, 0.5) is 0 Å². The van der Waals surface area contributed by atoms with Gasteiger partial charge in [-0.3, -0.25) is 0 Å². The second-order valence-electron chi connectivity index (χ2n) is 0.589. The molecule has 0 aromatic heterocycles. The minimum absolute atomic E-state index is 1.30. The topological polar surface area (TPSA) is 20.2 Å². The fourth-order valence-electron chi connectivity index (χ4n) is 0. The van der Waals surface area contributed by atoms with Gasteiger partial charge in [-0.25, -0.2) is 0 Å². The third-order valence-electron chi connectivity index (χ3n) is 0.193. The first kappa shape index (κ1) is 5.13. The maximum absolute atomic E-state index is 8.26. The molecule has 0 aliphatic rings. The van der Waals surface area contributed by atoms with E-state index in [2.05, 4.69) is 16.3 Å². The van der Waals surface area contributed by atoms with Gasteiger partial charge in [0.25, 0.3) is 0 Å². The van der Waals surface area contributed by atoms with Crippen molar-refractivity contribution in [3.63, 3.8) is 0 Å². The molecule has 26 valence electrons. The molecular formula is C2H4OSi2. The lowest BCUT2D eigenvalue weighted by molar-refractivity contribution is 0.606. The average molecular weight is 100 g/mol. The minimum Gasteiger partial charge on any atom is -0.431 e. The predicted octanol–water partition coefficient (Wildman–Crippen LogP) is -0.639. The Morgan fingerprint density at radius 3 is 2.20 bits per heavy atom. The van der Waals surface area contributed by atoms with Crippen molar-refractivity contribution < 1.29 is 4.80 Å². The zero-order valence-electron chi connectivity index (χ0n) is 2.73. The van der Waals surface area contributed by atoms with Crippen molar-refractivity contribution in [1.29, 1.82) is 0 Å². The summed E-state index contributed by atoms with van der Waals surface area (Å²) in [4.78, 5) is 8.26. The van der Waals surface area contributed by atoms with E-state index >= 15 is 0 Å². The van der Waals surface area contributed by atoms with Crippen molar-refractivity contribution in [2.24, 2.45) is 0 Å². The van der Waals surface area contributed by atoms with Crippen molar-refractivity contribution in [2.45, 2.75) is 0 Å². The second kappa shape index (κ2) is 2.38. The molecule has 3 heteroatoms. The molecular weight excluding hydrogens is 96.2 g/mol. The molecule has 0 amide bonds. The molecule has 0 aliphatic carbocycles. The smallest absolute Gasteiger partial charge is 0.208 e. The van der Waals surface area contributed by atoms with Crippen LogP contribution >= 0.6 is 0 Å². The molecule has 0 spiro atoms. The van der Waals surface area contributed by atoms with Crippen molar-refractivity contribution >= 4 is 18.3 Å². The van der Waals surface area contributed by atoms with Gasteiger partial charge in [-0.2, -0.15) is 0 Å². The van der Waals surface area contributed by atoms with Gasteiger partial charge in [0, 0.05) is 0 Å². The van der Waals surface area contributed by atoms with E-state index in [0.717, 1.165) is 0 Å². The lowest BCUT2D eigenvalue weighted by atomic mass is 11.3. The summed E-state index contributed by atoms with van der Waals surface area (Å²) < 4.78 is 0. The maximum atomic E-state index is 8.26. The van der Waals surface area contributed by atoms with E-state index in [1.165, 1.54) is 5.70 Å². The maximum Gasteiger partial charge on any atom is 0.208 e. The van der Waals surface area contributed by atoms with Crippen LogP contribution in [0.2, 0.25) is 0 Å². The lowest BCUT2D eigenvalue weighted by Crippen LogP contribution is -2.05. The number of rotatable bonds is 1. The summed E-state index contributed by atoms with van der Waals surface area (Å²) in [5, 5.41) is 0. The fourth-order valence-corrected chi connectivity index (χ4v) is 0. The van der Waals surface area contributed by atoms with Gasteiger partial charge in [0.05, 0.1) is 9.76 Å². The second-order valence-corrected chi connectivity index (χ2v) is 3.30. The summed E-state index contributed by atoms with van der Waals surface area (Å²) in [7, 11) is 1.65. The molecule has 0 fully saturated rings. The highest BCUT2D eigenvalue weighted by Crippen LogP contribution is 1.59. The Morgan fingerprint density at radius 2 is 2.20 bits per heavy atom. The summed E-state index contributed by atoms with van der Waals surface area (Å²) in [6.07, 6.45) is 0. The first-order valence-electron chi connectivity index (χ1n) is 1.17. The highest BCUT2D eigenvalue weighted by atomic mass is 29.2. The molecule has 0 aromatic rings. The third-order valence-corrected chi connectivity index (χ3v) is 1.19. The van der Waals surface area contributed by atoms with Gasteiger partial charge in [0.1, 0.15) is 0 Å². The molecule has 0 unspecified atom stereocenters. The van der Waals surface area contributed by atoms with E-state index < -0.39 is 8.56 Å². The van der Waals surface area contributed by atoms with Crippen molar-refractivity contribution in [2.75, 3.05) is 0 Å². The van der Waals surface area contributed by atoms with Crippen LogP contribution in [0.15, 0.2) is 12.3 Å². The van der Waals surface area contributed by atoms with Crippen molar-refractivity contribution in [3.05, 3.63) is 12.3 Å². The van der Waals surface area contributed by atoms with Gasteiger partial charge >= 0.3 is 0 Å². The molecule has 4 radical (unpaired) electrons. The minimum atomic E-state index is -1.30. The summed E-state index contributed by atoms with van der Waals surface area (Å²) >= 11 is 0. The summed E-state index contributed by atoms with van der Waals surface area (Å²) in [5.41, 5.74) is 1.49. The Balaban J connectivity index is 2.83. The molecule has 5 heavy (non-hydrogen) atoms. The van der Waals surface area contributed by atoms with E-state index in [0.29, 0.717) is 0 Å². The quantitative estimate of drug-likeness (QED) is 0.435. The molecule has 0 atom stereocenters. The van der Waals surface area contributed by atoms with Gasteiger partial charge < -0.3 is 4.80 Å². The lowest BCUT2D eigenvalue weighted by Gasteiger charge is -1.78. The van der Waals surface area contributed by atoms with Gasteiger partial charge in [0.2, 0.25) is 8.56 Å². The molecule has 0 saturated carbocycles. The zero-order valence-corrected chi connectivity index (χ0v) is 4.73. The summed E-state index contributed by atoms with van der Waals surface area (Å²) in [6.45, 7) is 3.31. The Bertz CT molecular complexity index is 34.6. The van der Waals surface area contributed by atoms with Crippen LogP contribution in [-0.2, 0) is 0 Å². The van der Waals surface area contributed by atoms with Crippen molar-refractivity contribution in [1.82, 2.24) is 0 Å². The molecule has 1 N–H and O–H groups in total. The predicted molar refractivity (Wildman–Crippen MR) is 23.9 cm³/mol. The molecule has 0 aliphatic heterocycles.